The van der Waals surface area contributed by atoms with Crippen molar-refractivity contribution in [2.75, 3.05) is 32.0 Å². The van der Waals surface area contributed by atoms with Crippen molar-refractivity contribution < 1.29 is 14.4 Å². The fourth-order valence-corrected chi connectivity index (χ4v) is 1.92. The number of carbonyl (C=O) groups excluding carboxylic acids is 3. The van der Waals surface area contributed by atoms with Crippen molar-refractivity contribution in [1.29, 1.82) is 0 Å². The van der Waals surface area contributed by atoms with Gasteiger partial charge in [0.1, 0.15) is 6.54 Å². The van der Waals surface area contributed by atoms with Crippen LogP contribution in [0.5, 0.6) is 0 Å². The Kier molecular flexibility index (Phi) is 4.24. The van der Waals surface area contributed by atoms with E-state index >= 15 is 0 Å². The number of anilines is 1. The quantitative estimate of drug-likeness (QED) is 0.771. The average Bonchev–Trinajstić information content (AvgIpc) is 2.43. The first-order valence-corrected chi connectivity index (χ1v) is 6.45. The van der Waals surface area contributed by atoms with E-state index in [1.54, 1.807) is 31.3 Å². The SMILES string of the molecule is CN1CCN(C(=O)C(=O)Nc2ccc(Cl)cc2)CC1=O. The zero-order valence-corrected chi connectivity index (χ0v) is 11.7. The summed E-state index contributed by atoms with van der Waals surface area (Å²) in [5.74, 6) is -1.64. The number of halogens is 1. The summed E-state index contributed by atoms with van der Waals surface area (Å²) in [6, 6.07) is 6.42. The van der Waals surface area contributed by atoms with Crippen LogP contribution in [-0.4, -0.2) is 54.2 Å². The Balaban J connectivity index is 1.97. The molecule has 7 heteroatoms. The second kappa shape index (κ2) is 5.92. The Labute approximate surface area is 121 Å². The van der Waals surface area contributed by atoms with Gasteiger partial charge >= 0.3 is 11.8 Å². The standard InChI is InChI=1S/C13H14ClN3O3/c1-16-6-7-17(8-11(16)18)13(20)12(19)15-10-4-2-9(14)3-5-10/h2-5H,6-8H2,1H3,(H,15,19). The monoisotopic (exact) mass is 295 g/mol. The molecule has 1 aromatic rings. The maximum absolute atomic E-state index is 11.9. The minimum absolute atomic E-state index is 0.0661. The molecule has 20 heavy (non-hydrogen) atoms. The summed E-state index contributed by atoms with van der Waals surface area (Å²) in [7, 11) is 1.66. The third-order valence-electron chi connectivity index (χ3n) is 3.04. The summed E-state index contributed by atoms with van der Waals surface area (Å²) < 4.78 is 0. The largest absolute Gasteiger partial charge is 0.342 e. The van der Waals surface area contributed by atoms with Crippen molar-refractivity contribution in [3.05, 3.63) is 29.3 Å². The molecule has 1 aromatic carbocycles. The molecule has 0 radical (unpaired) electrons. The van der Waals surface area contributed by atoms with E-state index in [1.165, 1.54) is 9.80 Å². The molecule has 0 spiro atoms. The Morgan fingerprint density at radius 2 is 1.85 bits per heavy atom. The predicted octanol–water partition coefficient (Wildman–Crippen LogP) is 0.579. The number of hydrogen-bond donors (Lipinski definition) is 1. The zero-order valence-electron chi connectivity index (χ0n) is 10.9. The lowest BCUT2D eigenvalue weighted by Gasteiger charge is -2.31. The lowest BCUT2D eigenvalue weighted by molar-refractivity contribution is -0.149. The van der Waals surface area contributed by atoms with Crippen molar-refractivity contribution in [2.24, 2.45) is 0 Å². The van der Waals surface area contributed by atoms with Crippen molar-refractivity contribution >= 4 is 35.0 Å². The first-order chi connectivity index (χ1) is 9.47. The lowest BCUT2D eigenvalue weighted by Crippen LogP contribution is -2.53. The molecule has 0 saturated carbocycles. The molecule has 0 atom stereocenters. The first kappa shape index (κ1) is 14.3. The van der Waals surface area contributed by atoms with Crippen molar-refractivity contribution in [1.82, 2.24) is 9.80 Å². The summed E-state index contributed by atoms with van der Waals surface area (Å²) in [5.41, 5.74) is 0.480. The minimum atomic E-state index is -0.760. The van der Waals surface area contributed by atoms with Gasteiger partial charge in [0.2, 0.25) is 5.91 Å². The van der Waals surface area contributed by atoms with E-state index in [9.17, 15) is 14.4 Å². The van der Waals surface area contributed by atoms with E-state index in [2.05, 4.69) is 5.32 Å². The van der Waals surface area contributed by atoms with Gasteiger partial charge in [0.25, 0.3) is 0 Å². The van der Waals surface area contributed by atoms with E-state index < -0.39 is 11.8 Å². The molecule has 0 aliphatic carbocycles. The van der Waals surface area contributed by atoms with Crippen molar-refractivity contribution in [3.8, 4) is 0 Å². The molecule has 1 heterocycles. The van der Waals surface area contributed by atoms with Crippen molar-refractivity contribution in [2.45, 2.75) is 0 Å². The van der Waals surface area contributed by atoms with Gasteiger partial charge in [-0.1, -0.05) is 11.6 Å². The molecule has 0 unspecified atom stereocenters. The molecule has 1 fully saturated rings. The van der Waals surface area contributed by atoms with Crippen LogP contribution in [0.15, 0.2) is 24.3 Å². The number of amides is 3. The second-order valence-corrected chi connectivity index (χ2v) is 4.94. The molecular formula is C13H14ClN3O3. The third kappa shape index (κ3) is 3.27. The Bertz CT molecular complexity index is 544. The highest BCUT2D eigenvalue weighted by Gasteiger charge is 2.28. The summed E-state index contributed by atoms with van der Waals surface area (Å²) >= 11 is 5.73. The summed E-state index contributed by atoms with van der Waals surface area (Å²) in [4.78, 5) is 38.0. The maximum Gasteiger partial charge on any atom is 0.313 e. The number of hydrogen-bond acceptors (Lipinski definition) is 3. The van der Waals surface area contributed by atoms with Crippen LogP contribution in [-0.2, 0) is 14.4 Å². The molecule has 1 aliphatic heterocycles. The van der Waals surface area contributed by atoms with Gasteiger partial charge in [-0.3, -0.25) is 14.4 Å². The highest BCUT2D eigenvalue weighted by Crippen LogP contribution is 2.13. The molecule has 0 aromatic heterocycles. The van der Waals surface area contributed by atoms with Crippen LogP contribution < -0.4 is 5.32 Å². The van der Waals surface area contributed by atoms with Gasteiger partial charge in [0, 0.05) is 30.8 Å². The summed E-state index contributed by atoms with van der Waals surface area (Å²) in [6.07, 6.45) is 0. The zero-order chi connectivity index (χ0) is 14.7. The van der Waals surface area contributed by atoms with E-state index in [-0.39, 0.29) is 12.5 Å². The molecule has 1 aliphatic rings. The highest BCUT2D eigenvalue weighted by molar-refractivity contribution is 6.39. The van der Waals surface area contributed by atoms with E-state index in [0.717, 1.165) is 0 Å². The lowest BCUT2D eigenvalue weighted by atomic mass is 10.3. The first-order valence-electron chi connectivity index (χ1n) is 6.07. The third-order valence-corrected chi connectivity index (χ3v) is 3.29. The number of nitrogens with one attached hydrogen (secondary N) is 1. The Morgan fingerprint density at radius 1 is 1.20 bits per heavy atom. The summed E-state index contributed by atoms with van der Waals surface area (Å²) in [6.45, 7) is 0.720. The van der Waals surface area contributed by atoms with Gasteiger partial charge in [0.15, 0.2) is 0 Å². The van der Waals surface area contributed by atoms with Crippen LogP contribution >= 0.6 is 11.6 Å². The average molecular weight is 296 g/mol. The molecule has 6 nitrogen and oxygen atoms in total. The molecule has 2 rings (SSSR count). The van der Waals surface area contributed by atoms with E-state index in [0.29, 0.717) is 23.8 Å². The van der Waals surface area contributed by atoms with Gasteiger partial charge in [-0.05, 0) is 24.3 Å². The van der Waals surface area contributed by atoms with Gasteiger partial charge < -0.3 is 15.1 Å². The Hall–Kier alpha value is -2.08. The highest BCUT2D eigenvalue weighted by atomic mass is 35.5. The predicted molar refractivity (Wildman–Crippen MR) is 74.3 cm³/mol. The number of carbonyl (C=O) groups is 3. The van der Waals surface area contributed by atoms with Gasteiger partial charge in [-0.15, -0.1) is 0 Å². The molecular weight excluding hydrogens is 282 g/mol. The normalized spacial score (nSPS) is 15.2. The number of nitrogens with zero attached hydrogens (tertiary/aromatic N) is 2. The van der Waals surface area contributed by atoms with Crippen LogP contribution in [0.2, 0.25) is 5.02 Å². The summed E-state index contributed by atoms with van der Waals surface area (Å²) in [5, 5.41) is 3.02. The minimum Gasteiger partial charge on any atom is -0.342 e. The second-order valence-electron chi connectivity index (χ2n) is 4.50. The molecule has 0 bridgehead atoms. The van der Waals surface area contributed by atoms with E-state index in [1.807, 2.05) is 0 Å². The van der Waals surface area contributed by atoms with Gasteiger partial charge in [-0.2, -0.15) is 0 Å². The number of rotatable bonds is 1. The molecule has 106 valence electrons. The molecule has 1 saturated heterocycles. The van der Waals surface area contributed by atoms with Crippen LogP contribution in [0.1, 0.15) is 0 Å². The molecule has 3 amide bonds. The number of piperazine rings is 1. The fourth-order valence-electron chi connectivity index (χ4n) is 1.79. The Morgan fingerprint density at radius 3 is 2.45 bits per heavy atom. The van der Waals surface area contributed by atoms with Gasteiger partial charge in [0.05, 0.1) is 0 Å². The van der Waals surface area contributed by atoms with E-state index in [4.69, 9.17) is 11.6 Å². The van der Waals surface area contributed by atoms with Crippen LogP contribution in [0.3, 0.4) is 0 Å². The van der Waals surface area contributed by atoms with Crippen molar-refractivity contribution in [3.63, 3.8) is 0 Å². The van der Waals surface area contributed by atoms with Crippen LogP contribution in [0.4, 0.5) is 5.69 Å². The molecule has 1 N–H and O–H groups in total. The maximum atomic E-state index is 11.9. The fraction of sp³-hybridized carbons (Fsp3) is 0.308. The van der Waals surface area contributed by atoms with Crippen LogP contribution in [0.25, 0.3) is 0 Å². The number of likely N-dealkylation sites (N-methyl/N-ethyl adjacent to an activating group) is 1. The number of benzene rings is 1. The topological polar surface area (TPSA) is 69.7 Å². The van der Waals surface area contributed by atoms with Crippen LogP contribution in [0, 0.1) is 0 Å². The van der Waals surface area contributed by atoms with Gasteiger partial charge in [-0.25, -0.2) is 0 Å². The smallest absolute Gasteiger partial charge is 0.313 e.